The molecule has 0 radical (unpaired) electrons. The SMILES string of the molecule is CSc1nc(N2CCCC2)c2cc(C(=O)Nc3ccccc3)sc2n1. The van der Waals surface area contributed by atoms with Gasteiger partial charge in [0.1, 0.15) is 10.6 Å². The van der Waals surface area contributed by atoms with E-state index in [0.717, 1.165) is 40.0 Å². The highest BCUT2D eigenvalue weighted by Gasteiger charge is 2.21. The molecule has 0 aliphatic carbocycles. The molecule has 0 atom stereocenters. The van der Waals surface area contributed by atoms with E-state index in [-0.39, 0.29) is 5.91 Å². The normalized spacial score (nSPS) is 14.2. The fourth-order valence-electron chi connectivity index (χ4n) is 2.97. The van der Waals surface area contributed by atoms with Crippen molar-refractivity contribution in [1.29, 1.82) is 0 Å². The molecule has 1 N–H and O–H groups in total. The predicted molar refractivity (Wildman–Crippen MR) is 105 cm³/mol. The molecule has 0 bridgehead atoms. The smallest absolute Gasteiger partial charge is 0.265 e. The number of thioether (sulfide) groups is 1. The van der Waals surface area contributed by atoms with Gasteiger partial charge in [-0.25, -0.2) is 9.97 Å². The molecule has 3 aromatic rings. The molecule has 2 aromatic heterocycles. The third kappa shape index (κ3) is 3.34. The van der Waals surface area contributed by atoms with Crippen molar-refractivity contribution < 1.29 is 4.79 Å². The highest BCUT2D eigenvalue weighted by atomic mass is 32.2. The molecule has 7 heteroatoms. The van der Waals surface area contributed by atoms with Gasteiger partial charge >= 0.3 is 0 Å². The van der Waals surface area contributed by atoms with Crippen molar-refractivity contribution in [3.8, 4) is 0 Å². The van der Waals surface area contributed by atoms with E-state index in [2.05, 4.69) is 15.2 Å². The van der Waals surface area contributed by atoms with Crippen molar-refractivity contribution in [3.63, 3.8) is 0 Å². The summed E-state index contributed by atoms with van der Waals surface area (Å²) < 4.78 is 0. The Morgan fingerprint density at radius 2 is 1.96 bits per heavy atom. The molecule has 1 fully saturated rings. The van der Waals surface area contributed by atoms with Gasteiger partial charge in [-0.05, 0) is 37.3 Å². The first kappa shape index (κ1) is 16.4. The van der Waals surface area contributed by atoms with Crippen LogP contribution in [-0.2, 0) is 0 Å². The largest absolute Gasteiger partial charge is 0.356 e. The van der Waals surface area contributed by atoms with Gasteiger partial charge in [0.2, 0.25) is 0 Å². The van der Waals surface area contributed by atoms with Crippen LogP contribution in [-0.4, -0.2) is 35.2 Å². The number of rotatable bonds is 4. The van der Waals surface area contributed by atoms with Crippen molar-refractivity contribution in [3.05, 3.63) is 41.3 Å². The zero-order chi connectivity index (χ0) is 17.2. The van der Waals surface area contributed by atoms with Gasteiger partial charge in [0.05, 0.1) is 10.3 Å². The minimum absolute atomic E-state index is 0.104. The van der Waals surface area contributed by atoms with Crippen LogP contribution in [0.1, 0.15) is 22.5 Å². The summed E-state index contributed by atoms with van der Waals surface area (Å²) in [5, 5.41) is 4.67. The number of amides is 1. The van der Waals surface area contributed by atoms with Crippen LogP contribution in [0.5, 0.6) is 0 Å². The first-order valence-electron chi connectivity index (χ1n) is 8.21. The maximum absolute atomic E-state index is 12.6. The molecule has 1 aliphatic rings. The number of nitrogens with zero attached hydrogens (tertiary/aromatic N) is 3. The van der Waals surface area contributed by atoms with E-state index in [4.69, 9.17) is 4.98 Å². The number of anilines is 2. The van der Waals surface area contributed by atoms with Gasteiger partial charge in [-0.2, -0.15) is 0 Å². The minimum atomic E-state index is -0.104. The summed E-state index contributed by atoms with van der Waals surface area (Å²) in [5.41, 5.74) is 0.792. The second kappa shape index (κ2) is 7.01. The molecular weight excluding hydrogens is 352 g/mol. The lowest BCUT2D eigenvalue weighted by atomic mass is 10.3. The highest BCUT2D eigenvalue weighted by Crippen LogP contribution is 2.34. The third-order valence-electron chi connectivity index (χ3n) is 4.20. The van der Waals surface area contributed by atoms with Crippen LogP contribution < -0.4 is 10.2 Å². The molecule has 3 heterocycles. The van der Waals surface area contributed by atoms with Crippen molar-refractivity contribution >= 4 is 50.7 Å². The van der Waals surface area contributed by atoms with Crippen molar-refractivity contribution in [2.45, 2.75) is 18.0 Å². The topological polar surface area (TPSA) is 58.1 Å². The number of carbonyl (C=O) groups excluding carboxylic acids is 1. The van der Waals surface area contributed by atoms with Gasteiger partial charge in [-0.1, -0.05) is 30.0 Å². The monoisotopic (exact) mass is 370 g/mol. The molecular formula is C18H18N4OS2. The van der Waals surface area contributed by atoms with E-state index in [1.807, 2.05) is 42.7 Å². The van der Waals surface area contributed by atoms with Crippen LogP contribution in [0.2, 0.25) is 0 Å². The average Bonchev–Trinajstić information content (AvgIpc) is 3.31. The number of para-hydroxylation sites is 1. The Labute approximate surface area is 154 Å². The maximum atomic E-state index is 12.6. The van der Waals surface area contributed by atoms with Gasteiger partial charge < -0.3 is 10.2 Å². The molecule has 0 saturated carbocycles. The summed E-state index contributed by atoms with van der Waals surface area (Å²) in [6.45, 7) is 2.03. The molecule has 0 unspecified atom stereocenters. The van der Waals surface area contributed by atoms with Crippen molar-refractivity contribution in [1.82, 2.24) is 9.97 Å². The Bertz CT molecular complexity index is 904. The first-order chi connectivity index (χ1) is 12.2. The summed E-state index contributed by atoms with van der Waals surface area (Å²) in [5.74, 6) is 0.856. The Morgan fingerprint density at radius 1 is 1.20 bits per heavy atom. The maximum Gasteiger partial charge on any atom is 0.265 e. The first-order valence-corrected chi connectivity index (χ1v) is 10.3. The highest BCUT2D eigenvalue weighted by molar-refractivity contribution is 7.98. The quantitative estimate of drug-likeness (QED) is 0.549. The lowest BCUT2D eigenvalue weighted by molar-refractivity contribution is 0.103. The molecule has 1 saturated heterocycles. The second-order valence-corrected chi connectivity index (χ2v) is 7.68. The van der Waals surface area contributed by atoms with Crippen LogP contribution in [0.15, 0.2) is 41.6 Å². The number of carbonyl (C=O) groups is 1. The van der Waals surface area contributed by atoms with Gasteiger partial charge in [0.15, 0.2) is 5.16 Å². The van der Waals surface area contributed by atoms with Crippen LogP contribution in [0.3, 0.4) is 0 Å². The molecule has 1 aliphatic heterocycles. The van der Waals surface area contributed by atoms with E-state index in [0.29, 0.717) is 4.88 Å². The second-order valence-electron chi connectivity index (χ2n) is 5.88. The van der Waals surface area contributed by atoms with E-state index < -0.39 is 0 Å². The number of hydrogen-bond acceptors (Lipinski definition) is 6. The summed E-state index contributed by atoms with van der Waals surface area (Å²) >= 11 is 2.96. The van der Waals surface area contributed by atoms with Gasteiger partial charge in [0, 0.05) is 18.8 Å². The number of benzene rings is 1. The standard InChI is InChI=1S/C18H18N4OS2/c1-24-18-20-15(22-9-5-6-10-22)13-11-14(25-17(13)21-18)16(23)19-12-7-3-2-4-8-12/h2-4,7-8,11H,5-6,9-10H2,1H3,(H,19,23). The Hall–Kier alpha value is -2.12. The Morgan fingerprint density at radius 3 is 2.68 bits per heavy atom. The molecule has 128 valence electrons. The lowest BCUT2D eigenvalue weighted by Crippen LogP contribution is -2.19. The predicted octanol–water partition coefficient (Wildman–Crippen LogP) is 4.27. The summed E-state index contributed by atoms with van der Waals surface area (Å²) in [6.07, 6.45) is 4.35. The molecule has 5 nitrogen and oxygen atoms in total. The molecule has 0 spiro atoms. The van der Waals surface area contributed by atoms with Crippen LogP contribution >= 0.6 is 23.1 Å². The number of fused-ring (bicyclic) bond motifs is 1. The summed E-state index contributed by atoms with van der Waals surface area (Å²) in [4.78, 5) is 25.7. The Kier molecular flexibility index (Phi) is 4.59. The lowest BCUT2D eigenvalue weighted by Gasteiger charge is -2.17. The Balaban J connectivity index is 1.71. The molecule has 1 amide bonds. The summed E-state index contributed by atoms with van der Waals surface area (Å²) in [6, 6.07) is 11.4. The van der Waals surface area contributed by atoms with E-state index in [9.17, 15) is 4.79 Å². The van der Waals surface area contributed by atoms with Crippen LogP contribution in [0.25, 0.3) is 10.2 Å². The fourth-order valence-corrected chi connectivity index (χ4v) is 4.31. The van der Waals surface area contributed by atoms with E-state index in [1.54, 1.807) is 0 Å². The zero-order valence-corrected chi connectivity index (χ0v) is 15.5. The van der Waals surface area contributed by atoms with Gasteiger partial charge in [-0.15, -0.1) is 11.3 Å². The molecule has 4 rings (SSSR count). The minimum Gasteiger partial charge on any atom is -0.356 e. The molecule has 25 heavy (non-hydrogen) atoms. The van der Waals surface area contributed by atoms with Crippen molar-refractivity contribution in [2.24, 2.45) is 0 Å². The summed E-state index contributed by atoms with van der Waals surface area (Å²) in [7, 11) is 0. The number of aromatic nitrogens is 2. The zero-order valence-electron chi connectivity index (χ0n) is 13.9. The third-order valence-corrected chi connectivity index (χ3v) is 5.77. The number of hydrogen-bond donors (Lipinski definition) is 1. The molecule has 1 aromatic carbocycles. The average molecular weight is 371 g/mol. The van der Waals surface area contributed by atoms with E-state index >= 15 is 0 Å². The van der Waals surface area contributed by atoms with Crippen molar-refractivity contribution in [2.75, 3.05) is 29.6 Å². The van der Waals surface area contributed by atoms with Crippen LogP contribution in [0, 0.1) is 0 Å². The fraction of sp³-hybridized carbons (Fsp3) is 0.278. The van der Waals surface area contributed by atoms with Crippen LogP contribution in [0.4, 0.5) is 11.5 Å². The number of nitrogens with one attached hydrogen (secondary N) is 1. The van der Waals surface area contributed by atoms with E-state index in [1.165, 1.54) is 35.9 Å². The van der Waals surface area contributed by atoms with Gasteiger partial charge in [0.25, 0.3) is 5.91 Å². The van der Waals surface area contributed by atoms with Gasteiger partial charge in [-0.3, -0.25) is 4.79 Å². The number of thiophene rings is 1.